The molecule has 0 bridgehead atoms. The molecule has 0 aromatic heterocycles. The molecule has 1 fully saturated rings. The zero-order chi connectivity index (χ0) is 23.6. The molecule has 2 heterocycles. The van der Waals surface area contributed by atoms with Gasteiger partial charge in [-0.3, -0.25) is 4.79 Å². The number of amides is 1. The molecule has 4 atom stereocenters. The van der Waals surface area contributed by atoms with Gasteiger partial charge in [0.05, 0.1) is 24.7 Å². The number of hydrogen-bond acceptors (Lipinski definition) is 8. The second kappa shape index (κ2) is 10.4. The zero-order valence-electron chi connectivity index (χ0n) is 17.8. The Kier molecular flexibility index (Phi) is 8.11. The SMILES string of the molecule is [B]N=POC(=O)C1=C(SC(=S)N(C)Cc2ccc(CO)cc2)C(C)C2C(C(C)O)C(=O)N12. The number of fused-ring (bicyclic) bond motifs is 1. The molecule has 168 valence electrons. The number of carbonyl (C=O) groups excluding carboxylic acids is 2. The van der Waals surface area contributed by atoms with Crippen LogP contribution in [-0.2, 0) is 27.3 Å². The number of thiocarbonyl (C=S) groups is 1. The van der Waals surface area contributed by atoms with E-state index < -0.39 is 18.0 Å². The Hall–Kier alpha value is -1.78. The van der Waals surface area contributed by atoms with Gasteiger partial charge in [0.2, 0.25) is 14.5 Å². The maximum Gasteiger partial charge on any atom is 0.365 e. The highest BCUT2D eigenvalue weighted by atomic mass is 32.2. The molecule has 1 amide bonds. The summed E-state index contributed by atoms with van der Waals surface area (Å²) in [5, 5.41) is 19.3. The topological polar surface area (TPSA) is 103 Å². The minimum atomic E-state index is -0.832. The van der Waals surface area contributed by atoms with Gasteiger partial charge in [0.1, 0.15) is 10.0 Å². The van der Waals surface area contributed by atoms with Crippen molar-refractivity contribution in [1.29, 1.82) is 0 Å². The lowest BCUT2D eigenvalue weighted by Gasteiger charge is -2.46. The largest absolute Gasteiger partial charge is 0.393 e. The summed E-state index contributed by atoms with van der Waals surface area (Å²) < 4.78 is 8.84. The van der Waals surface area contributed by atoms with Crippen LogP contribution >= 0.6 is 32.6 Å². The second-order valence-corrected chi connectivity index (χ2v) is 9.99. The molecule has 12 heteroatoms. The van der Waals surface area contributed by atoms with Gasteiger partial charge in [-0.1, -0.05) is 55.2 Å². The van der Waals surface area contributed by atoms with Gasteiger partial charge in [-0.05, 0) is 18.1 Å². The number of rotatable bonds is 7. The first kappa shape index (κ1) is 24.9. The van der Waals surface area contributed by atoms with Crippen LogP contribution in [0.3, 0.4) is 0 Å². The van der Waals surface area contributed by atoms with Crippen LogP contribution in [-0.4, -0.2) is 63.4 Å². The first-order valence-electron chi connectivity index (χ1n) is 9.89. The first-order chi connectivity index (χ1) is 15.2. The second-order valence-electron chi connectivity index (χ2n) is 7.74. The Morgan fingerprint density at radius 2 is 2.03 bits per heavy atom. The highest BCUT2D eigenvalue weighted by molar-refractivity contribution is 8.25. The summed E-state index contributed by atoms with van der Waals surface area (Å²) in [5.41, 5.74) is 1.97. The van der Waals surface area contributed by atoms with Crippen LogP contribution < -0.4 is 0 Å². The molecule has 1 saturated heterocycles. The monoisotopic (exact) mass is 491 g/mol. The molecule has 2 N–H and O–H groups in total. The predicted octanol–water partition coefficient (Wildman–Crippen LogP) is 2.37. The normalized spacial score (nSPS) is 23.2. The molecule has 1 aromatic rings. The molecule has 4 unspecified atom stereocenters. The van der Waals surface area contributed by atoms with E-state index in [9.17, 15) is 19.8 Å². The molecule has 8 nitrogen and oxygen atoms in total. The van der Waals surface area contributed by atoms with E-state index >= 15 is 0 Å². The summed E-state index contributed by atoms with van der Waals surface area (Å²) >= 11 is 6.86. The molecule has 0 aliphatic carbocycles. The van der Waals surface area contributed by atoms with Crippen molar-refractivity contribution >= 4 is 56.8 Å². The fourth-order valence-corrected chi connectivity index (χ4v) is 5.57. The van der Waals surface area contributed by atoms with Crippen molar-refractivity contribution in [2.24, 2.45) is 16.5 Å². The number of hydrogen-bond donors (Lipinski definition) is 2. The van der Waals surface area contributed by atoms with E-state index in [-0.39, 0.29) is 38.8 Å². The molecular formula is C20H23BN3O5PS2. The van der Waals surface area contributed by atoms with Gasteiger partial charge in [0.15, 0.2) is 0 Å². The number of β-lactam (4-membered cyclic amide) rings is 1. The summed E-state index contributed by atoms with van der Waals surface area (Å²) in [6.07, 6.45) is -0.832. The Labute approximate surface area is 199 Å². The zero-order valence-corrected chi connectivity index (χ0v) is 20.4. The average molecular weight is 491 g/mol. The average Bonchev–Trinajstić information content (AvgIpc) is 3.00. The van der Waals surface area contributed by atoms with E-state index in [0.29, 0.717) is 15.8 Å². The highest BCUT2D eigenvalue weighted by Crippen LogP contribution is 2.51. The van der Waals surface area contributed by atoms with E-state index in [4.69, 9.17) is 24.7 Å². The predicted molar refractivity (Wildman–Crippen MR) is 127 cm³/mol. The number of aliphatic hydroxyl groups excluding tert-OH is 2. The molecule has 32 heavy (non-hydrogen) atoms. The van der Waals surface area contributed by atoms with Crippen LogP contribution in [0.4, 0.5) is 0 Å². The van der Waals surface area contributed by atoms with Crippen molar-refractivity contribution < 1.29 is 24.3 Å². The number of nitrogens with zero attached hydrogens (tertiary/aromatic N) is 3. The lowest BCUT2D eigenvalue weighted by Crippen LogP contribution is -2.63. The lowest BCUT2D eigenvalue weighted by molar-refractivity contribution is -0.162. The van der Waals surface area contributed by atoms with Gasteiger partial charge in [-0.25, -0.2) is 4.79 Å². The van der Waals surface area contributed by atoms with E-state index in [2.05, 4.69) is 4.66 Å². The van der Waals surface area contributed by atoms with Crippen LogP contribution in [0, 0.1) is 11.8 Å². The van der Waals surface area contributed by atoms with Gasteiger partial charge in [0, 0.05) is 24.4 Å². The van der Waals surface area contributed by atoms with E-state index in [1.165, 1.54) is 16.7 Å². The molecule has 0 saturated carbocycles. The van der Waals surface area contributed by atoms with E-state index in [0.717, 1.165) is 11.1 Å². The summed E-state index contributed by atoms with van der Waals surface area (Å²) in [5.74, 6) is -1.82. The minimum absolute atomic E-state index is 0.0179. The smallest absolute Gasteiger partial charge is 0.365 e. The summed E-state index contributed by atoms with van der Waals surface area (Å²) in [7, 11) is 6.85. The lowest BCUT2D eigenvalue weighted by atomic mass is 9.79. The molecule has 1 aromatic carbocycles. The summed E-state index contributed by atoms with van der Waals surface area (Å²) in [6, 6.07) is 7.21. The Balaban J connectivity index is 1.81. The summed E-state index contributed by atoms with van der Waals surface area (Å²) in [4.78, 5) is 29.3. The van der Waals surface area contributed by atoms with Crippen LogP contribution in [0.5, 0.6) is 0 Å². The van der Waals surface area contributed by atoms with Crippen molar-refractivity contribution in [2.45, 2.75) is 39.1 Å². The number of carbonyl (C=O) groups is 2. The van der Waals surface area contributed by atoms with Crippen LogP contribution in [0.2, 0.25) is 0 Å². The number of aliphatic hydroxyl groups is 2. The van der Waals surface area contributed by atoms with Gasteiger partial charge >= 0.3 is 5.97 Å². The maximum absolute atomic E-state index is 12.7. The van der Waals surface area contributed by atoms with Crippen molar-refractivity contribution in [1.82, 2.24) is 9.80 Å². The van der Waals surface area contributed by atoms with Gasteiger partial charge in [-0.15, -0.1) is 0 Å². The number of thioether (sulfide) groups is 1. The van der Waals surface area contributed by atoms with Gasteiger partial charge < -0.3 is 29.2 Å². The third-order valence-corrected chi connectivity index (χ3v) is 7.78. The fourth-order valence-electron chi connectivity index (χ4n) is 4.01. The van der Waals surface area contributed by atoms with Gasteiger partial charge in [-0.2, -0.15) is 0 Å². The Morgan fingerprint density at radius 3 is 2.59 bits per heavy atom. The third kappa shape index (κ3) is 4.77. The molecule has 0 spiro atoms. The summed E-state index contributed by atoms with van der Waals surface area (Å²) in [6.45, 7) is 3.99. The van der Waals surface area contributed by atoms with Crippen LogP contribution in [0.15, 0.2) is 39.5 Å². The van der Waals surface area contributed by atoms with Gasteiger partial charge in [0.25, 0.3) is 7.98 Å². The Morgan fingerprint density at radius 1 is 1.41 bits per heavy atom. The van der Waals surface area contributed by atoms with E-state index in [1.807, 2.05) is 43.1 Å². The molecule has 2 radical (unpaired) electrons. The maximum atomic E-state index is 12.7. The quantitative estimate of drug-likeness (QED) is 0.260. The molecule has 2 aliphatic heterocycles. The minimum Gasteiger partial charge on any atom is -0.393 e. The van der Waals surface area contributed by atoms with Crippen molar-refractivity contribution in [3.05, 3.63) is 46.0 Å². The fraction of sp³-hybridized carbons (Fsp3) is 0.450. The highest BCUT2D eigenvalue weighted by Gasteiger charge is 2.60. The van der Waals surface area contributed by atoms with E-state index in [1.54, 1.807) is 6.92 Å². The van der Waals surface area contributed by atoms with Crippen LogP contribution in [0.1, 0.15) is 25.0 Å². The first-order valence-corrected chi connectivity index (χ1v) is 11.9. The molecular weight excluding hydrogens is 468 g/mol. The Bertz CT molecular complexity index is 972. The standard InChI is InChI=1S/C20H23BN3O5PS2/c1-10-15-14(11(2)26)18(27)24(15)16(19(28)29-30-22-21)17(10)32-20(31)23(3)8-12-4-6-13(9-25)7-5-12/h4-7,10-11,14-15,25-26H,8-9H2,1-3H3. The van der Waals surface area contributed by atoms with Crippen molar-refractivity contribution in [2.75, 3.05) is 7.05 Å². The van der Waals surface area contributed by atoms with Crippen LogP contribution in [0.25, 0.3) is 0 Å². The molecule has 3 rings (SSSR count). The van der Waals surface area contributed by atoms with Crippen molar-refractivity contribution in [3.8, 4) is 0 Å². The number of benzene rings is 1. The third-order valence-electron chi connectivity index (χ3n) is 5.61. The van der Waals surface area contributed by atoms with Crippen molar-refractivity contribution in [3.63, 3.8) is 0 Å². The molecule has 2 aliphatic rings.